The number of carbonyl (C=O) groups excluding carboxylic acids is 1. The second-order valence-electron chi connectivity index (χ2n) is 3.76. The molecule has 1 aromatic carbocycles. The van der Waals surface area contributed by atoms with Crippen LogP contribution in [-0.4, -0.2) is 5.91 Å². The molecule has 88 valence electrons. The van der Waals surface area contributed by atoms with Crippen molar-refractivity contribution in [2.24, 2.45) is 0 Å². The first-order valence-electron chi connectivity index (χ1n) is 5.25. The second kappa shape index (κ2) is 4.82. The minimum atomic E-state index is -0.290. The number of rotatable bonds is 3. The third kappa shape index (κ3) is 2.72. The quantitative estimate of drug-likeness (QED) is 0.885. The van der Waals surface area contributed by atoms with Gasteiger partial charge in [0.1, 0.15) is 12.1 Å². The summed E-state index contributed by atoms with van der Waals surface area (Å²) >= 11 is 0. The van der Waals surface area contributed by atoms with E-state index in [-0.39, 0.29) is 17.8 Å². The molecule has 0 saturated heterocycles. The summed E-state index contributed by atoms with van der Waals surface area (Å²) in [5, 5.41) is 2.80. The maximum atomic E-state index is 12.7. The van der Waals surface area contributed by atoms with Crippen LogP contribution in [0.2, 0.25) is 0 Å². The summed E-state index contributed by atoms with van der Waals surface area (Å²) < 4.78 is 17.6. The van der Waals surface area contributed by atoms with Gasteiger partial charge >= 0.3 is 0 Å². The van der Waals surface area contributed by atoms with Crippen LogP contribution in [-0.2, 0) is 0 Å². The largest absolute Gasteiger partial charge is 0.472 e. The summed E-state index contributed by atoms with van der Waals surface area (Å²) in [6, 6.07) is 7.45. The van der Waals surface area contributed by atoms with Crippen molar-refractivity contribution < 1.29 is 13.6 Å². The van der Waals surface area contributed by atoms with Gasteiger partial charge in [0.25, 0.3) is 5.91 Å². The predicted octanol–water partition coefficient (Wildman–Crippen LogP) is 2.91. The molecule has 1 unspecified atom stereocenters. The predicted molar refractivity (Wildman–Crippen MR) is 61.0 cm³/mol. The van der Waals surface area contributed by atoms with Gasteiger partial charge in [-0.1, -0.05) is 12.1 Å². The van der Waals surface area contributed by atoms with Crippen LogP contribution < -0.4 is 5.32 Å². The Morgan fingerprint density at radius 3 is 2.59 bits per heavy atom. The summed E-state index contributed by atoms with van der Waals surface area (Å²) in [6.45, 7) is 1.84. The molecule has 1 aromatic heterocycles. The Kier molecular flexibility index (Phi) is 3.23. The molecule has 1 atom stereocenters. The summed E-state index contributed by atoms with van der Waals surface area (Å²) in [5.74, 6) is -0.502. The van der Waals surface area contributed by atoms with Gasteiger partial charge in [0.2, 0.25) is 0 Å². The first-order valence-corrected chi connectivity index (χ1v) is 5.25. The SMILES string of the molecule is CC(NC(=O)c1ccoc1)c1ccc(F)cc1. The zero-order valence-corrected chi connectivity index (χ0v) is 9.31. The van der Waals surface area contributed by atoms with Crippen molar-refractivity contribution >= 4 is 5.91 Å². The summed E-state index contributed by atoms with van der Waals surface area (Å²) in [5.41, 5.74) is 1.32. The van der Waals surface area contributed by atoms with Gasteiger partial charge in [-0.05, 0) is 30.7 Å². The lowest BCUT2D eigenvalue weighted by atomic mass is 10.1. The van der Waals surface area contributed by atoms with Crippen molar-refractivity contribution in [1.82, 2.24) is 5.32 Å². The Bertz CT molecular complexity index is 491. The molecule has 0 aliphatic carbocycles. The molecular formula is C13H12FNO2. The number of benzene rings is 1. The fourth-order valence-electron chi connectivity index (χ4n) is 1.51. The lowest BCUT2D eigenvalue weighted by Crippen LogP contribution is -2.26. The van der Waals surface area contributed by atoms with E-state index in [4.69, 9.17) is 4.42 Å². The minimum absolute atomic E-state index is 0.182. The maximum absolute atomic E-state index is 12.7. The van der Waals surface area contributed by atoms with Crippen LogP contribution in [0.1, 0.15) is 28.9 Å². The van der Waals surface area contributed by atoms with Gasteiger partial charge in [0, 0.05) is 0 Å². The van der Waals surface area contributed by atoms with E-state index in [1.807, 2.05) is 6.92 Å². The van der Waals surface area contributed by atoms with Crippen LogP contribution in [0.5, 0.6) is 0 Å². The zero-order chi connectivity index (χ0) is 12.3. The molecule has 0 saturated carbocycles. The van der Waals surface area contributed by atoms with Crippen LogP contribution in [0, 0.1) is 5.82 Å². The highest BCUT2D eigenvalue weighted by Gasteiger charge is 2.12. The third-order valence-electron chi connectivity index (χ3n) is 2.50. The second-order valence-corrected chi connectivity index (χ2v) is 3.76. The van der Waals surface area contributed by atoms with Crippen LogP contribution in [0.3, 0.4) is 0 Å². The molecule has 2 aromatic rings. The van der Waals surface area contributed by atoms with Crippen LogP contribution in [0.15, 0.2) is 47.3 Å². The van der Waals surface area contributed by atoms with Gasteiger partial charge in [-0.15, -0.1) is 0 Å². The summed E-state index contributed by atoms with van der Waals surface area (Å²) in [7, 11) is 0. The molecule has 1 heterocycles. The van der Waals surface area contributed by atoms with Gasteiger partial charge in [-0.2, -0.15) is 0 Å². The van der Waals surface area contributed by atoms with Gasteiger partial charge in [0.15, 0.2) is 0 Å². The van der Waals surface area contributed by atoms with Gasteiger partial charge in [0.05, 0.1) is 17.9 Å². The van der Waals surface area contributed by atoms with Gasteiger partial charge in [-0.3, -0.25) is 4.79 Å². The molecule has 0 aliphatic heterocycles. The molecule has 0 spiro atoms. The summed E-state index contributed by atoms with van der Waals surface area (Å²) in [4.78, 5) is 11.7. The molecule has 4 heteroatoms. The third-order valence-corrected chi connectivity index (χ3v) is 2.50. The Hall–Kier alpha value is -2.10. The molecule has 0 aliphatic rings. The van der Waals surface area contributed by atoms with E-state index in [1.165, 1.54) is 24.7 Å². The minimum Gasteiger partial charge on any atom is -0.472 e. The van der Waals surface area contributed by atoms with Crippen molar-refractivity contribution in [2.75, 3.05) is 0 Å². The highest BCUT2D eigenvalue weighted by molar-refractivity contribution is 5.93. The molecular weight excluding hydrogens is 221 g/mol. The van der Waals surface area contributed by atoms with E-state index in [9.17, 15) is 9.18 Å². The standard InChI is InChI=1S/C13H12FNO2/c1-9(10-2-4-12(14)5-3-10)15-13(16)11-6-7-17-8-11/h2-9H,1H3,(H,15,16). The van der Waals surface area contributed by atoms with E-state index in [2.05, 4.69) is 5.32 Å². The average molecular weight is 233 g/mol. The summed E-state index contributed by atoms with van der Waals surface area (Å²) in [6.07, 6.45) is 2.82. The van der Waals surface area contributed by atoms with Crippen molar-refractivity contribution in [3.8, 4) is 0 Å². The Morgan fingerprint density at radius 1 is 1.29 bits per heavy atom. The average Bonchev–Trinajstić information content (AvgIpc) is 2.83. The topological polar surface area (TPSA) is 42.2 Å². The Morgan fingerprint density at radius 2 is 2.00 bits per heavy atom. The van der Waals surface area contributed by atoms with Crippen LogP contribution in [0.4, 0.5) is 4.39 Å². The van der Waals surface area contributed by atoms with Crippen molar-refractivity contribution in [3.05, 3.63) is 59.8 Å². The number of carbonyl (C=O) groups is 1. The Balaban J connectivity index is 2.04. The van der Waals surface area contributed by atoms with E-state index < -0.39 is 0 Å². The first kappa shape index (κ1) is 11.4. The number of halogens is 1. The number of amides is 1. The van der Waals surface area contributed by atoms with Crippen molar-refractivity contribution in [3.63, 3.8) is 0 Å². The lowest BCUT2D eigenvalue weighted by molar-refractivity contribution is 0.0939. The molecule has 17 heavy (non-hydrogen) atoms. The zero-order valence-electron chi connectivity index (χ0n) is 9.31. The smallest absolute Gasteiger partial charge is 0.255 e. The van der Waals surface area contributed by atoms with E-state index in [0.717, 1.165) is 5.56 Å². The van der Waals surface area contributed by atoms with Crippen molar-refractivity contribution in [1.29, 1.82) is 0 Å². The molecule has 2 rings (SSSR count). The molecule has 3 nitrogen and oxygen atoms in total. The number of hydrogen-bond acceptors (Lipinski definition) is 2. The van der Waals surface area contributed by atoms with Gasteiger partial charge < -0.3 is 9.73 Å². The fraction of sp³-hybridized carbons (Fsp3) is 0.154. The normalized spacial score (nSPS) is 12.1. The van der Waals surface area contributed by atoms with Gasteiger partial charge in [-0.25, -0.2) is 4.39 Å². The highest BCUT2D eigenvalue weighted by atomic mass is 19.1. The number of furan rings is 1. The van der Waals surface area contributed by atoms with E-state index in [1.54, 1.807) is 18.2 Å². The van der Waals surface area contributed by atoms with Crippen LogP contribution >= 0.6 is 0 Å². The van der Waals surface area contributed by atoms with Crippen molar-refractivity contribution in [2.45, 2.75) is 13.0 Å². The molecule has 1 N–H and O–H groups in total. The maximum Gasteiger partial charge on any atom is 0.255 e. The number of nitrogens with one attached hydrogen (secondary N) is 1. The Labute approximate surface area is 98.3 Å². The van der Waals surface area contributed by atoms with E-state index in [0.29, 0.717) is 5.56 Å². The monoisotopic (exact) mass is 233 g/mol. The molecule has 0 fully saturated rings. The lowest BCUT2D eigenvalue weighted by Gasteiger charge is -2.13. The first-order chi connectivity index (χ1) is 8.16. The molecule has 1 amide bonds. The van der Waals surface area contributed by atoms with Crippen LogP contribution in [0.25, 0.3) is 0 Å². The molecule has 0 radical (unpaired) electrons. The van der Waals surface area contributed by atoms with E-state index >= 15 is 0 Å². The highest BCUT2D eigenvalue weighted by Crippen LogP contribution is 2.13. The molecule has 0 bridgehead atoms. The number of hydrogen-bond donors (Lipinski definition) is 1. The fourth-order valence-corrected chi connectivity index (χ4v) is 1.51.